The van der Waals surface area contributed by atoms with Crippen molar-refractivity contribution in [2.75, 3.05) is 27.4 Å². The fourth-order valence-corrected chi connectivity index (χ4v) is 3.86. The number of ether oxygens (including phenoxy) is 3. The Morgan fingerprint density at radius 1 is 0.868 bits per heavy atom. The minimum absolute atomic E-state index is 0.108. The van der Waals surface area contributed by atoms with Crippen molar-refractivity contribution in [3.63, 3.8) is 0 Å². The van der Waals surface area contributed by atoms with Gasteiger partial charge in [0.1, 0.15) is 29.1 Å². The topological polar surface area (TPSA) is 77.1 Å². The Hall–Kier alpha value is -4.07. The highest BCUT2D eigenvalue weighted by molar-refractivity contribution is 5.88. The lowest BCUT2D eigenvalue weighted by Crippen LogP contribution is -2.52. The molecule has 0 aliphatic rings. The Labute approximate surface area is 223 Å². The molecule has 0 aliphatic carbocycles. The summed E-state index contributed by atoms with van der Waals surface area (Å²) in [5, 5.41) is 2.97. The molecule has 3 aromatic carbocycles. The molecule has 7 nitrogen and oxygen atoms in total. The number of carbonyl (C=O) groups excluding carboxylic acids is 2. The zero-order valence-corrected chi connectivity index (χ0v) is 22.3. The van der Waals surface area contributed by atoms with Gasteiger partial charge in [0.2, 0.25) is 5.91 Å². The highest BCUT2D eigenvalue weighted by Gasteiger charge is 2.30. The van der Waals surface area contributed by atoms with Crippen molar-refractivity contribution in [3.05, 3.63) is 89.7 Å². The third-order valence-electron chi connectivity index (χ3n) is 5.91. The maximum absolute atomic E-state index is 13.7. The fraction of sp³-hybridized carbons (Fsp3) is 0.333. The highest BCUT2D eigenvalue weighted by Crippen LogP contribution is 2.27. The van der Waals surface area contributed by atoms with Crippen LogP contribution in [0.3, 0.4) is 0 Å². The van der Waals surface area contributed by atoms with Crippen LogP contribution in [-0.2, 0) is 22.6 Å². The second-order valence-corrected chi connectivity index (χ2v) is 9.33. The largest absolute Gasteiger partial charge is 0.496 e. The molecule has 0 heterocycles. The molecule has 0 fully saturated rings. The summed E-state index contributed by atoms with van der Waals surface area (Å²) in [5.74, 6) is 0.634. The van der Waals surface area contributed by atoms with Crippen LogP contribution in [0.25, 0.3) is 0 Å². The van der Waals surface area contributed by atoms with Crippen molar-refractivity contribution >= 4 is 11.8 Å². The van der Waals surface area contributed by atoms with E-state index in [4.69, 9.17) is 14.2 Å². The Morgan fingerprint density at radius 3 is 2.05 bits per heavy atom. The van der Waals surface area contributed by atoms with Gasteiger partial charge in [-0.3, -0.25) is 9.59 Å². The summed E-state index contributed by atoms with van der Waals surface area (Å²) in [6, 6.07) is 19.6. The number of carbonyl (C=O) groups is 2. The lowest BCUT2D eigenvalue weighted by molar-refractivity contribution is -0.142. The first-order valence-corrected chi connectivity index (χ1v) is 12.5. The van der Waals surface area contributed by atoms with Crippen molar-refractivity contribution in [3.8, 4) is 17.2 Å². The molecule has 202 valence electrons. The lowest BCUT2D eigenvalue weighted by atomic mass is 10.0. The van der Waals surface area contributed by atoms with Crippen molar-refractivity contribution in [1.82, 2.24) is 10.2 Å². The minimum Gasteiger partial charge on any atom is -0.496 e. The van der Waals surface area contributed by atoms with E-state index in [9.17, 15) is 14.0 Å². The third-order valence-corrected chi connectivity index (χ3v) is 5.91. The number of nitrogens with one attached hydrogen (secondary N) is 1. The minimum atomic E-state index is -0.808. The van der Waals surface area contributed by atoms with Crippen LogP contribution in [0.15, 0.2) is 72.8 Å². The smallest absolute Gasteiger partial charge is 0.261 e. The Kier molecular flexibility index (Phi) is 10.5. The fourth-order valence-electron chi connectivity index (χ4n) is 3.86. The van der Waals surface area contributed by atoms with Crippen LogP contribution >= 0.6 is 0 Å². The van der Waals surface area contributed by atoms with Gasteiger partial charge >= 0.3 is 0 Å². The van der Waals surface area contributed by atoms with E-state index >= 15 is 0 Å². The SMILES string of the molecule is COc1cc(OC)cc(OCC(=O)N(Cc2ccc(F)cc2)[C@H](Cc2ccccc2)C(=O)NCC(C)C)c1. The number of nitrogens with zero attached hydrogens (tertiary/aromatic N) is 1. The molecule has 0 unspecified atom stereocenters. The number of halogens is 1. The average molecular weight is 523 g/mol. The zero-order chi connectivity index (χ0) is 27.5. The van der Waals surface area contributed by atoms with Gasteiger partial charge in [0.25, 0.3) is 5.91 Å². The van der Waals surface area contributed by atoms with Crippen molar-refractivity contribution in [2.45, 2.75) is 32.9 Å². The van der Waals surface area contributed by atoms with Crippen LogP contribution in [0, 0.1) is 11.7 Å². The van der Waals surface area contributed by atoms with Crippen molar-refractivity contribution < 1.29 is 28.2 Å². The van der Waals surface area contributed by atoms with Gasteiger partial charge in [0.05, 0.1) is 14.2 Å². The molecule has 1 atom stereocenters. The van der Waals surface area contributed by atoms with Crippen LogP contribution in [0.1, 0.15) is 25.0 Å². The molecule has 3 rings (SSSR count). The predicted molar refractivity (Wildman–Crippen MR) is 144 cm³/mol. The molecule has 8 heteroatoms. The molecule has 0 aromatic heterocycles. The van der Waals surface area contributed by atoms with E-state index in [2.05, 4.69) is 5.32 Å². The first kappa shape index (κ1) is 28.5. The third kappa shape index (κ3) is 8.50. The number of benzene rings is 3. The van der Waals surface area contributed by atoms with E-state index in [-0.39, 0.29) is 30.8 Å². The molecular formula is C30H35FN2O5. The molecule has 3 aromatic rings. The van der Waals surface area contributed by atoms with Crippen LogP contribution in [0.4, 0.5) is 4.39 Å². The number of hydrogen-bond donors (Lipinski definition) is 1. The number of methoxy groups -OCH3 is 2. The Morgan fingerprint density at radius 2 is 1.47 bits per heavy atom. The Bertz CT molecular complexity index is 1160. The van der Waals surface area contributed by atoms with Gasteiger partial charge in [-0.15, -0.1) is 0 Å². The molecule has 0 aliphatic heterocycles. The second-order valence-electron chi connectivity index (χ2n) is 9.33. The van der Waals surface area contributed by atoms with E-state index in [1.165, 1.54) is 31.3 Å². The molecule has 0 radical (unpaired) electrons. The molecule has 1 N–H and O–H groups in total. The first-order chi connectivity index (χ1) is 18.3. The predicted octanol–water partition coefficient (Wildman–Crippen LogP) is 4.63. The summed E-state index contributed by atoms with van der Waals surface area (Å²) >= 11 is 0. The monoisotopic (exact) mass is 522 g/mol. The Balaban J connectivity index is 1.91. The van der Waals surface area contributed by atoms with Crippen molar-refractivity contribution in [1.29, 1.82) is 0 Å². The molecular weight excluding hydrogens is 487 g/mol. The number of rotatable bonds is 13. The molecule has 0 saturated carbocycles. The normalized spacial score (nSPS) is 11.5. The number of amides is 2. The quantitative estimate of drug-likeness (QED) is 0.354. The zero-order valence-electron chi connectivity index (χ0n) is 22.3. The maximum Gasteiger partial charge on any atom is 0.261 e. The summed E-state index contributed by atoms with van der Waals surface area (Å²) in [5.41, 5.74) is 1.60. The molecule has 0 spiro atoms. The van der Waals surface area contributed by atoms with Gasteiger partial charge in [-0.25, -0.2) is 4.39 Å². The van der Waals surface area contributed by atoms with Gasteiger partial charge in [0.15, 0.2) is 6.61 Å². The van der Waals surface area contributed by atoms with Crippen LogP contribution in [0.2, 0.25) is 0 Å². The highest BCUT2D eigenvalue weighted by atomic mass is 19.1. The van der Waals surface area contributed by atoms with E-state index in [0.29, 0.717) is 35.8 Å². The summed E-state index contributed by atoms with van der Waals surface area (Å²) in [6.45, 7) is 4.27. The van der Waals surface area contributed by atoms with Gasteiger partial charge in [-0.05, 0) is 29.2 Å². The standard InChI is InChI=1S/C30H35FN2O5/c1-21(2)18-32-30(35)28(14-22-8-6-5-7-9-22)33(19-23-10-12-24(31)13-11-23)29(34)20-38-27-16-25(36-3)15-26(17-27)37-4/h5-13,15-17,21,28H,14,18-20H2,1-4H3,(H,32,35)/t28-/m1/s1. The van der Waals surface area contributed by atoms with Crippen LogP contribution in [-0.4, -0.2) is 50.1 Å². The van der Waals surface area contributed by atoms with Crippen LogP contribution < -0.4 is 19.5 Å². The molecule has 2 amide bonds. The number of hydrogen-bond acceptors (Lipinski definition) is 5. The summed E-state index contributed by atoms with van der Waals surface area (Å²) in [4.78, 5) is 28.6. The second kappa shape index (κ2) is 14.0. The van der Waals surface area contributed by atoms with Crippen LogP contribution in [0.5, 0.6) is 17.2 Å². The van der Waals surface area contributed by atoms with Gasteiger partial charge in [0, 0.05) is 37.7 Å². The van der Waals surface area contributed by atoms with Gasteiger partial charge in [-0.1, -0.05) is 56.3 Å². The summed E-state index contributed by atoms with van der Waals surface area (Å²) < 4.78 is 30.0. The van der Waals surface area contributed by atoms with E-state index in [1.54, 1.807) is 30.3 Å². The van der Waals surface area contributed by atoms with E-state index in [1.807, 2.05) is 44.2 Å². The average Bonchev–Trinajstić information content (AvgIpc) is 2.93. The van der Waals surface area contributed by atoms with Crippen molar-refractivity contribution in [2.24, 2.45) is 5.92 Å². The molecule has 0 bridgehead atoms. The summed E-state index contributed by atoms with van der Waals surface area (Å²) in [7, 11) is 3.05. The van der Waals surface area contributed by atoms with E-state index in [0.717, 1.165) is 5.56 Å². The van der Waals surface area contributed by atoms with E-state index < -0.39 is 11.9 Å². The molecule has 0 saturated heterocycles. The lowest BCUT2D eigenvalue weighted by Gasteiger charge is -2.31. The van der Waals surface area contributed by atoms with Gasteiger partial charge < -0.3 is 24.4 Å². The first-order valence-electron chi connectivity index (χ1n) is 12.5. The molecule has 38 heavy (non-hydrogen) atoms. The summed E-state index contributed by atoms with van der Waals surface area (Å²) in [6.07, 6.45) is 0.310. The van der Waals surface area contributed by atoms with Gasteiger partial charge in [-0.2, -0.15) is 0 Å². The maximum atomic E-state index is 13.7.